The highest BCUT2D eigenvalue weighted by Gasteiger charge is 2.27. The first-order chi connectivity index (χ1) is 9.70. The summed E-state index contributed by atoms with van der Waals surface area (Å²) in [5.41, 5.74) is 3.48. The predicted molar refractivity (Wildman–Crippen MR) is 80.2 cm³/mol. The van der Waals surface area contributed by atoms with Gasteiger partial charge >= 0.3 is 0 Å². The molecule has 3 heteroatoms. The lowest BCUT2D eigenvalue weighted by Gasteiger charge is -2.26. The Labute approximate surface area is 119 Å². The van der Waals surface area contributed by atoms with E-state index in [-0.39, 0.29) is 6.04 Å². The largest absolute Gasteiger partial charge is 0.497 e. The summed E-state index contributed by atoms with van der Waals surface area (Å²) < 4.78 is 5.19. The molecule has 1 heterocycles. The Bertz CT molecular complexity index is 634. The number of fused-ring (bicyclic) bond motifs is 1. The molecule has 0 saturated carbocycles. The summed E-state index contributed by atoms with van der Waals surface area (Å²) in [5, 5.41) is 8.35. The molecule has 1 aliphatic rings. The Kier molecular flexibility index (Phi) is 3.18. The van der Waals surface area contributed by atoms with E-state index in [1.165, 1.54) is 11.1 Å². The van der Waals surface area contributed by atoms with Crippen LogP contribution in [0.25, 0.3) is 0 Å². The van der Waals surface area contributed by atoms with Gasteiger partial charge in [0, 0.05) is 12.1 Å². The molecule has 1 aliphatic heterocycles. The minimum absolute atomic E-state index is 0.181. The lowest BCUT2D eigenvalue weighted by Crippen LogP contribution is -2.27. The van der Waals surface area contributed by atoms with Gasteiger partial charge in [0.15, 0.2) is 0 Å². The maximum absolute atomic E-state index is 8.35. The second-order valence-electron chi connectivity index (χ2n) is 5.08. The van der Waals surface area contributed by atoms with E-state index >= 15 is 0 Å². The fourth-order valence-corrected chi connectivity index (χ4v) is 2.70. The molecule has 1 atom stereocenters. The summed E-state index contributed by atoms with van der Waals surface area (Å²) in [7, 11) is 1.67. The van der Waals surface area contributed by atoms with E-state index in [0.29, 0.717) is 5.84 Å². The monoisotopic (exact) mass is 266 g/mol. The third kappa shape index (κ3) is 2.05. The van der Waals surface area contributed by atoms with Crippen molar-refractivity contribution in [2.75, 3.05) is 7.11 Å². The van der Waals surface area contributed by atoms with Gasteiger partial charge in [-0.15, -0.1) is 0 Å². The Morgan fingerprint density at radius 2 is 1.80 bits per heavy atom. The minimum atomic E-state index is 0.181. The van der Waals surface area contributed by atoms with E-state index < -0.39 is 0 Å². The standard InChI is InChI=1S/C17H18N2O/c1-12(13-7-9-15(20-2)10-8-13)19-11-14-5-3-4-6-16(14)17(19)18/h3-10,12,18H,11H2,1-2H3. The first-order valence-electron chi connectivity index (χ1n) is 6.78. The molecule has 0 aliphatic carbocycles. The summed E-state index contributed by atoms with van der Waals surface area (Å²) in [5.74, 6) is 1.48. The van der Waals surface area contributed by atoms with Gasteiger partial charge in [0.25, 0.3) is 0 Å². The first-order valence-corrected chi connectivity index (χ1v) is 6.78. The molecular formula is C17H18N2O. The van der Waals surface area contributed by atoms with Gasteiger partial charge in [-0.25, -0.2) is 0 Å². The maximum Gasteiger partial charge on any atom is 0.129 e. The van der Waals surface area contributed by atoms with Gasteiger partial charge in [-0.1, -0.05) is 36.4 Å². The van der Waals surface area contributed by atoms with Gasteiger partial charge in [-0.3, -0.25) is 5.41 Å². The molecule has 102 valence electrons. The molecule has 0 aromatic heterocycles. The normalized spacial score (nSPS) is 15.1. The van der Waals surface area contributed by atoms with Crippen LogP contribution in [-0.2, 0) is 6.54 Å². The summed E-state index contributed by atoms with van der Waals surface area (Å²) in [6.07, 6.45) is 0. The Hall–Kier alpha value is -2.29. The highest BCUT2D eigenvalue weighted by Crippen LogP contribution is 2.31. The summed E-state index contributed by atoms with van der Waals surface area (Å²) in [6, 6.07) is 16.4. The van der Waals surface area contributed by atoms with Crippen LogP contribution in [0.4, 0.5) is 0 Å². The molecule has 0 radical (unpaired) electrons. The van der Waals surface area contributed by atoms with Crippen LogP contribution in [0.15, 0.2) is 48.5 Å². The number of amidine groups is 1. The number of methoxy groups -OCH3 is 1. The van der Waals surface area contributed by atoms with Crippen molar-refractivity contribution in [2.24, 2.45) is 0 Å². The predicted octanol–water partition coefficient (Wildman–Crippen LogP) is 3.60. The SMILES string of the molecule is COc1ccc(C(C)N2Cc3ccccc3C2=N)cc1. The number of rotatable bonds is 3. The van der Waals surface area contributed by atoms with E-state index in [0.717, 1.165) is 17.9 Å². The van der Waals surface area contributed by atoms with Crippen LogP contribution in [0, 0.1) is 5.41 Å². The zero-order valence-electron chi connectivity index (χ0n) is 11.8. The van der Waals surface area contributed by atoms with E-state index in [1.54, 1.807) is 7.11 Å². The molecule has 2 aromatic carbocycles. The second kappa shape index (κ2) is 5.00. The van der Waals surface area contributed by atoms with Crippen LogP contribution in [0.3, 0.4) is 0 Å². The smallest absolute Gasteiger partial charge is 0.129 e. The quantitative estimate of drug-likeness (QED) is 0.921. The van der Waals surface area contributed by atoms with Crippen molar-refractivity contribution in [3.8, 4) is 5.75 Å². The Morgan fingerprint density at radius 1 is 1.10 bits per heavy atom. The fourth-order valence-electron chi connectivity index (χ4n) is 2.70. The molecule has 0 saturated heterocycles. The van der Waals surface area contributed by atoms with Crippen molar-refractivity contribution in [3.63, 3.8) is 0 Å². The van der Waals surface area contributed by atoms with E-state index in [4.69, 9.17) is 10.1 Å². The third-order valence-corrected chi connectivity index (χ3v) is 3.97. The van der Waals surface area contributed by atoms with Gasteiger partial charge in [0.1, 0.15) is 11.6 Å². The Balaban J connectivity index is 1.85. The van der Waals surface area contributed by atoms with Crippen molar-refractivity contribution < 1.29 is 4.74 Å². The molecule has 0 fully saturated rings. The van der Waals surface area contributed by atoms with Gasteiger partial charge in [0.2, 0.25) is 0 Å². The summed E-state index contributed by atoms with van der Waals surface area (Å²) >= 11 is 0. The van der Waals surface area contributed by atoms with E-state index in [2.05, 4.69) is 30.0 Å². The van der Waals surface area contributed by atoms with Gasteiger partial charge in [-0.05, 0) is 30.2 Å². The first kappa shape index (κ1) is 12.7. The lowest BCUT2D eigenvalue weighted by molar-refractivity contribution is 0.341. The number of nitrogens with zero attached hydrogens (tertiary/aromatic N) is 1. The van der Waals surface area contributed by atoms with Crippen LogP contribution >= 0.6 is 0 Å². The minimum Gasteiger partial charge on any atom is -0.497 e. The topological polar surface area (TPSA) is 36.3 Å². The van der Waals surface area contributed by atoms with Crippen molar-refractivity contribution >= 4 is 5.84 Å². The summed E-state index contributed by atoms with van der Waals surface area (Å²) in [4.78, 5) is 2.13. The lowest BCUT2D eigenvalue weighted by atomic mass is 10.1. The van der Waals surface area contributed by atoms with Crippen LogP contribution in [-0.4, -0.2) is 17.8 Å². The average molecular weight is 266 g/mol. The summed E-state index contributed by atoms with van der Waals surface area (Å²) in [6.45, 7) is 2.95. The van der Waals surface area contributed by atoms with Crippen molar-refractivity contribution in [2.45, 2.75) is 19.5 Å². The highest BCUT2D eigenvalue weighted by atomic mass is 16.5. The molecule has 3 nitrogen and oxygen atoms in total. The molecule has 1 unspecified atom stereocenters. The molecule has 0 amide bonds. The second-order valence-corrected chi connectivity index (χ2v) is 5.08. The van der Waals surface area contributed by atoms with Crippen LogP contribution in [0.2, 0.25) is 0 Å². The molecular weight excluding hydrogens is 248 g/mol. The fraction of sp³-hybridized carbons (Fsp3) is 0.235. The zero-order chi connectivity index (χ0) is 14.1. The number of benzene rings is 2. The number of ether oxygens (including phenoxy) is 1. The van der Waals surface area contributed by atoms with Gasteiger partial charge in [0.05, 0.1) is 13.2 Å². The van der Waals surface area contributed by atoms with Crippen LogP contribution in [0.5, 0.6) is 5.75 Å². The Morgan fingerprint density at radius 3 is 2.45 bits per heavy atom. The number of hydrogen-bond donors (Lipinski definition) is 1. The molecule has 0 bridgehead atoms. The van der Waals surface area contributed by atoms with Crippen molar-refractivity contribution in [1.82, 2.24) is 4.90 Å². The highest BCUT2D eigenvalue weighted by molar-refractivity contribution is 6.00. The average Bonchev–Trinajstić information content (AvgIpc) is 2.84. The van der Waals surface area contributed by atoms with Crippen LogP contribution < -0.4 is 4.74 Å². The van der Waals surface area contributed by atoms with Crippen LogP contribution in [0.1, 0.15) is 29.7 Å². The van der Waals surface area contributed by atoms with E-state index in [1.807, 2.05) is 30.3 Å². The maximum atomic E-state index is 8.35. The number of nitrogens with one attached hydrogen (secondary N) is 1. The van der Waals surface area contributed by atoms with Crippen molar-refractivity contribution in [3.05, 3.63) is 65.2 Å². The number of hydrogen-bond acceptors (Lipinski definition) is 2. The molecule has 1 N–H and O–H groups in total. The third-order valence-electron chi connectivity index (χ3n) is 3.97. The van der Waals surface area contributed by atoms with E-state index in [9.17, 15) is 0 Å². The molecule has 0 spiro atoms. The van der Waals surface area contributed by atoms with Gasteiger partial charge in [-0.2, -0.15) is 0 Å². The zero-order valence-corrected chi connectivity index (χ0v) is 11.8. The van der Waals surface area contributed by atoms with Crippen molar-refractivity contribution in [1.29, 1.82) is 5.41 Å². The van der Waals surface area contributed by atoms with Gasteiger partial charge < -0.3 is 9.64 Å². The molecule has 3 rings (SSSR count). The molecule has 20 heavy (non-hydrogen) atoms. The molecule has 2 aromatic rings.